The molecular formula is C9H14N6O2S. The largest absolute Gasteiger partial charge is 0.381 e. The Kier molecular flexibility index (Phi) is 2.77. The third-order valence-electron chi connectivity index (χ3n) is 2.65. The summed E-state index contributed by atoms with van der Waals surface area (Å²) in [6.07, 6.45) is 1.34. The predicted octanol–water partition coefficient (Wildman–Crippen LogP) is 0.143. The van der Waals surface area contributed by atoms with Crippen molar-refractivity contribution < 1.29 is 8.42 Å². The number of hydrogen-bond acceptors (Lipinski definition) is 5. The van der Waals surface area contributed by atoms with Crippen LogP contribution >= 0.6 is 0 Å². The summed E-state index contributed by atoms with van der Waals surface area (Å²) in [6, 6.07) is 0. The van der Waals surface area contributed by atoms with Crippen molar-refractivity contribution in [1.82, 2.24) is 19.7 Å². The third kappa shape index (κ3) is 1.92. The normalized spacial score (nSPS) is 11.7. The van der Waals surface area contributed by atoms with E-state index in [0.717, 1.165) is 11.3 Å². The molecule has 0 saturated carbocycles. The van der Waals surface area contributed by atoms with Gasteiger partial charge < -0.3 is 10.3 Å². The number of aromatic nitrogens is 4. The molecule has 0 saturated heterocycles. The maximum atomic E-state index is 12.2. The van der Waals surface area contributed by atoms with Gasteiger partial charge in [-0.1, -0.05) is 0 Å². The average molecular weight is 270 g/mol. The number of imidazole rings is 1. The maximum absolute atomic E-state index is 12.2. The van der Waals surface area contributed by atoms with E-state index in [1.165, 1.54) is 10.9 Å². The Bertz CT molecular complexity index is 664. The molecule has 2 heterocycles. The summed E-state index contributed by atoms with van der Waals surface area (Å²) in [5.74, 6) is 0.211. The molecule has 2 aromatic heterocycles. The number of nitrogens with two attached hydrogens (primary N) is 1. The first-order valence-electron chi connectivity index (χ1n) is 5.14. The lowest BCUT2D eigenvalue weighted by Gasteiger charge is -2.07. The van der Waals surface area contributed by atoms with Gasteiger partial charge in [-0.05, 0) is 13.8 Å². The highest BCUT2D eigenvalue weighted by molar-refractivity contribution is 7.92. The summed E-state index contributed by atoms with van der Waals surface area (Å²) in [5, 5.41) is 6.51. The van der Waals surface area contributed by atoms with Crippen LogP contribution in [0.1, 0.15) is 11.3 Å². The zero-order chi connectivity index (χ0) is 13.5. The van der Waals surface area contributed by atoms with Crippen molar-refractivity contribution >= 4 is 21.7 Å². The van der Waals surface area contributed by atoms with E-state index in [4.69, 9.17) is 5.73 Å². The predicted molar refractivity (Wildman–Crippen MR) is 66.5 cm³/mol. The van der Waals surface area contributed by atoms with Gasteiger partial charge in [-0.15, -0.1) is 0 Å². The van der Waals surface area contributed by atoms with E-state index in [0.29, 0.717) is 0 Å². The fourth-order valence-electron chi connectivity index (χ4n) is 1.52. The monoisotopic (exact) mass is 270 g/mol. The van der Waals surface area contributed by atoms with Crippen molar-refractivity contribution in [3.8, 4) is 0 Å². The van der Waals surface area contributed by atoms with Crippen LogP contribution in [0.3, 0.4) is 0 Å². The van der Waals surface area contributed by atoms with Crippen LogP contribution in [-0.2, 0) is 17.1 Å². The molecule has 4 N–H and O–H groups in total. The number of sulfonamides is 1. The molecule has 98 valence electrons. The van der Waals surface area contributed by atoms with Gasteiger partial charge >= 0.3 is 0 Å². The fourth-order valence-corrected chi connectivity index (χ4v) is 2.83. The second-order valence-electron chi connectivity index (χ2n) is 3.97. The SMILES string of the molecule is Cc1[nH]nc(NS(=O)(=O)c2c(N)ncn2C)c1C. The van der Waals surface area contributed by atoms with Crippen LogP contribution in [0, 0.1) is 13.8 Å². The van der Waals surface area contributed by atoms with Gasteiger partial charge in [0.05, 0.1) is 6.33 Å². The lowest BCUT2D eigenvalue weighted by Crippen LogP contribution is -2.18. The minimum Gasteiger partial charge on any atom is -0.381 e. The zero-order valence-corrected chi connectivity index (χ0v) is 11.0. The van der Waals surface area contributed by atoms with Crippen LogP contribution in [0.15, 0.2) is 11.4 Å². The lowest BCUT2D eigenvalue weighted by atomic mass is 10.3. The van der Waals surface area contributed by atoms with Gasteiger partial charge in [0.1, 0.15) is 0 Å². The van der Waals surface area contributed by atoms with E-state index in [1.807, 2.05) is 0 Å². The van der Waals surface area contributed by atoms with Gasteiger partial charge in [-0.25, -0.2) is 4.98 Å². The first-order chi connectivity index (χ1) is 8.33. The van der Waals surface area contributed by atoms with E-state index >= 15 is 0 Å². The second kappa shape index (κ2) is 4.02. The van der Waals surface area contributed by atoms with Crippen LogP contribution in [0.2, 0.25) is 0 Å². The van der Waals surface area contributed by atoms with Crippen LogP contribution < -0.4 is 10.5 Å². The molecule has 0 aromatic carbocycles. The molecular weight excluding hydrogens is 256 g/mol. The number of H-pyrrole nitrogens is 1. The van der Waals surface area contributed by atoms with E-state index in [-0.39, 0.29) is 16.7 Å². The van der Waals surface area contributed by atoms with Gasteiger partial charge in [0, 0.05) is 18.3 Å². The Balaban J connectivity index is 2.43. The molecule has 0 aliphatic heterocycles. The summed E-state index contributed by atoms with van der Waals surface area (Å²) in [5.41, 5.74) is 7.08. The van der Waals surface area contributed by atoms with Crippen LogP contribution in [0.25, 0.3) is 0 Å². The Morgan fingerprint density at radius 1 is 1.44 bits per heavy atom. The van der Waals surface area contributed by atoms with E-state index in [1.54, 1.807) is 20.9 Å². The molecule has 0 atom stereocenters. The Labute approximate surface area is 104 Å². The topological polar surface area (TPSA) is 119 Å². The molecule has 18 heavy (non-hydrogen) atoms. The summed E-state index contributed by atoms with van der Waals surface area (Å²) < 4.78 is 28.0. The number of hydrogen-bond donors (Lipinski definition) is 3. The fraction of sp³-hybridized carbons (Fsp3) is 0.333. The number of rotatable bonds is 3. The number of aromatic amines is 1. The number of anilines is 2. The molecule has 0 spiro atoms. The van der Waals surface area contributed by atoms with Crippen molar-refractivity contribution in [2.75, 3.05) is 10.5 Å². The quantitative estimate of drug-likeness (QED) is 0.733. The standard InChI is InChI=1S/C9H14N6O2S/c1-5-6(2)12-13-8(5)14-18(16,17)9-7(10)11-4-15(9)3/h4H,10H2,1-3H3,(H2,12,13,14). The number of nitrogen functional groups attached to an aromatic ring is 1. The maximum Gasteiger partial charge on any atom is 0.282 e. The number of nitrogens with zero attached hydrogens (tertiary/aromatic N) is 3. The highest BCUT2D eigenvalue weighted by atomic mass is 32.2. The molecule has 9 heteroatoms. The van der Waals surface area contributed by atoms with Crippen LogP contribution in [0.4, 0.5) is 11.6 Å². The first kappa shape index (κ1) is 12.4. The third-order valence-corrected chi connectivity index (χ3v) is 4.12. The van der Waals surface area contributed by atoms with Crippen molar-refractivity contribution in [3.63, 3.8) is 0 Å². The minimum absolute atomic E-state index is 0.0464. The average Bonchev–Trinajstić information content (AvgIpc) is 2.76. The van der Waals surface area contributed by atoms with Crippen molar-refractivity contribution in [3.05, 3.63) is 17.6 Å². The molecule has 0 fully saturated rings. The van der Waals surface area contributed by atoms with Crippen LogP contribution in [0.5, 0.6) is 0 Å². The van der Waals surface area contributed by atoms with E-state index in [2.05, 4.69) is 19.9 Å². The van der Waals surface area contributed by atoms with E-state index in [9.17, 15) is 8.42 Å². The summed E-state index contributed by atoms with van der Waals surface area (Å²) in [6.45, 7) is 3.57. The number of aryl methyl sites for hydroxylation is 2. The summed E-state index contributed by atoms with van der Waals surface area (Å²) in [7, 11) is -2.24. The van der Waals surface area contributed by atoms with Gasteiger partial charge in [0.25, 0.3) is 10.0 Å². The smallest absolute Gasteiger partial charge is 0.282 e. The molecule has 0 aliphatic rings. The summed E-state index contributed by atoms with van der Waals surface area (Å²) >= 11 is 0. The Morgan fingerprint density at radius 2 is 2.11 bits per heavy atom. The molecule has 0 bridgehead atoms. The van der Waals surface area contributed by atoms with Gasteiger partial charge in [0.2, 0.25) is 0 Å². The molecule has 2 aromatic rings. The van der Waals surface area contributed by atoms with E-state index < -0.39 is 10.0 Å². The minimum atomic E-state index is -3.80. The molecule has 0 aliphatic carbocycles. The molecule has 8 nitrogen and oxygen atoms in total. The van der Waals surface area contributed by atoms with Crippen molar-refractivity contribution in [2.24, 2.45) is 7.05 Å². The van der Waals surface area contributed by atoms with Crippen LogP contribution in [-0.4, -0.2) is 28.2 Å². The zero-order valence-electron chi connectivity index (χ0n) is 10.2. The molecule has 0 amide bonds. The second-order valence-corrected chi connectivity index (χ2v) is 5.57. The Hall–Kier alpha value is -2.03. The summed E-state index contributed by atoms with van der Waals surface area (Å²) in [4.78, 5) is 3.75. The van der Waals surface area contributed by atoms with Gasteiger partial charge in [-0.3, -0.25) is 9.82 Å². The van der Waals surface area contributed by atoms with Gasteiger partial charge in [0.15, 0.2) is 16.7 Å². The lowest BCUT2D eigenvalue weighted by molar-refractivity contribution is 0.591. The molecule has 0 radical (unpaired) electrons. The highest BCUT2D eigenvalue weighted by Crippen LogP contribution is 2.21. The van der Waals surface area contributed by atoms with Crippen molar-refractivity contribution in [2.45, 2.75) is 18.9 Å². The first-order valence-corrected chi connectivity index (χ1v) is 6.62. The highest BCUT2D eigenvalue weighted by Gasteiger charge is 2.24. The Morgan fingerprint density at radius 3 is 2.56 bits per heavy atom. The number of nitrogens with one attached hydrogen (secondary N) is 2. The van der Waals surface area contributed by atoms with Crippen molar-refractivity contribution in [1.29, 1.82) is 0 Å². The molecule has 0 unspecified atom stereocenters. The molecule has 2 rings (SSSR count). The van der Waals surface area contributed by atoms with Gasteiger partial charge in [-0.2, -0.15) is 13.5 Å².